The molecule has 0 bridgehead atoms. The molecule has 1 aliphatic heterocycles. The zero-order valence-electron chi connectivity index (χ0n) is 12.9. The number of likely N-dealkylation sites (N-methyl/N-ethyl adjacent to an activating group) is 2. The second kappa shape index (κ2) is 6.47. The van der Waals surface area contributed by atoms with Crippen molar-refractivity contribution in [2.75, 3.05) is 39.2 Å². The van der Waals surface area contributed by atoms with E-state index in [1.165, 1.54) is 6.42 Å². The molecule has 0 amide bonds. The maximum absolute atomic E-state index is 5.55. The largest absolute Gasteiger partial charge is 0.308 e. The van der Waals surface area contributed by atoms with E-state index in [4.69, 9.17) is 10.8 Å². The Kier molecular flexibility index (Phi) is 4.91. The summed E-state index contributed by atoms with van der Waals surface area (Å²) in [6.45, 7) is 7.40. The van der Waals surface area contributed by atoms with Gasteiger partial charge in [-0.15, -0.1) is 0 Å². The third kappa shape index (κ3) is 3.45. The molecule has 1 unspecified atom stereocenters. The van der Waals surface area contributed by atoms with E-state index in [9.17, 15) is 0 Å². The van der Waals surface area contributed by atoms with E-state index < -0.39 is 0 Å². The predicted octanol–water partition coefficient (Wildman–Crippen LogP) is 1.19. The smallest absolute Gasteiger partial charge is 0.149 e. The number of hydrazine groups is 1. The van der Waals surface area contributed by atoms with Crippen LogP contribution in [0.25, 0.3) is 0 Å². The van der Waals surface area contributed by atoms with Gasteiger partial charge in [0.2, 0.25) is 0 Å². The lowest BCUT2D eigenvalue weighted by Crippen LogP contribution is -2.32. The number of anilines is 1. The molecule has 1 aliphatic rings. The molecule has 1 aromatic rings. The summed E-state index contributed by atoms with van der Waals surface area (Å²) in [6.07, 6.45) is 1.18. The van der Waals surface area contributed by atoms with Crippen molar-refractivity contribution >= 4 is 5.82 Å². The molecule has 2 heterocycles. The summed E-state index contributed by atoms with van der Waals surface area (Å²) >= 11 is 0. The van der Waals surface area contributed by atoms with Crippen LogP contribution in [0.5, 0.6) is 0 Å². The first-order chi connectivity index (χ1) is 9.51. The minimum Gasteiger partial charge on any atom is -0.308 e. The van der Waals surface area contributed by atoms with Crippen LogP contribution in [-0.4, -0.2) is 53.5 Å². The van der Waals surface area contributed by atoms with Crippen LogP contribution in [-0.2, 0) is 0 Å². The molecule has 1 aromatic heterocycles. The third-order valence-electron chi connectivity index (χ3n) is 3.87. The monoisotopic (exact) mass is 278 g/mol. The van der Waals surface area contributed by atoms with E-state index in [0.29, 0.717) is 11.7 Å². The van der Waals surface area contributed by atoms with E-state index in [1.807, 2.05) is 6.07 Å². The van der Waals surface area contributed by atoms with Gasteiger partial charge in [0.1, 0.15) is 11.6 Å². The van der Waals surface area contributed by atoms with Crippen molar-refractivity contribution in [2.45, 2.75) is 32.2 Å². The summed E-state index contributed by atoms with van der Waals surface area (Å²) in [4.78, 5) is 14.0. The van der Waals surface area contributed by atoms with Crippen LogP contribution in [0, 0.1) is 0 Å². The Morgan fingerprint density at radius 1 is 1.30 bits per heavy atom. The first kappa shape index (κ1) is 15.2. The highest BCUT2D eigenvalue weighted by molar-refractivity contribution is 5.36. The van der Waals surface area contributed by atoms with E-state index in [0.717, 1.165) is 31.2 Å². The number of rotatable bonds is 3. The Balaban J connectivity index is 2.36. The highest BCUT2D eigenvalue weighted by Crippen LogP contribution is 2.23. The number of aromatic nitrogens is 2. The Bertz CT molecular complexity index is 447. The van der Waals surface area contributed by atoms with E-state index in [-0.39, 0.29) is 6.04 Å². The van der Waals surface area contributed by atoms with Crippen molar-refractivity contribution in [3.8, 4) is 0 Å². The van der Waals surface area contributed by atoms with Crippen LogP contribution in [0.1, 0.15) is 43.7 Å². The summed E-state index contributed by atoms with van der Waals surface area (Å²) in [5.74, 6) is 7.46. The van der Waals surface area contributed by atoms with Crippen molar-refractivity contribution in [2.24, 2.45) is 5.84 Å². The SMILES string of the molecule is CC(C)c1cc(NN)nc(C2CN(C)CCCN2C)n1. The van der Waals surface area contributed by atoms with Crippen LogP contribution < -0.4 is 11.3 Å². The lowest BCUT2D eigenvalue weighted by Gasteiger charge is -2.27. The van der Waals surface area contributed by atoms with Crippen LogP contribution >= 0.6 is 0 Å². The highest BCUT2D eigenvalue weighted by atomic mass is 15.3. The molecule has 112 valence electrons. The van der Waals surface area contributed by atoms with Crippen molar-refractivity contribution in [1.29, 1.82) is 0 Å². The van der Waals surface area contributed by atoms with Gasteiger partial charge in [0.05, 0.1) is 6.04 Å². The minimum atomic E-state index is 0.216. The molecule has 3 N–H and O–H groups in total. The number of hydrogen-bond donors (Lipinski definition) is 2. The van der Waals surface area contributed by atoms with E-state index >= 15 is 0 Å². The lowest BCUT2D eigenvalue weighted by molar-refractivity contribution is 0.219. The number of nitrogen functional groups attached to an aromatic ring is 1. The Morgan fingerprint density at radius 2 is 2.05 bits per heavy atom. The maximum atomic E-state index is 5.55. The topological polar surface area (TPSA) is 70.3 Å². The molecule has 2 rings (SSSR count). The van der Waals surface area contributed by atoms with Crippen LogP contribution in [0.2, 0.25) is 0 Å². The predicted molar refractivity (Wildman–Crippen MR) is 81.4 cm³/mol. The van der Waals surface area contributed by atoms with Crippen molar-refractivity contribution in [1.82, 2.24) is 19.8 Å². The molecule has 0 aliphatic carbocycles. The number of nitrogens with two attached hydrogens (primary N) is 1. The Morgan fingerprint density at radius 3 is 2.70 bits per heavy atom. The third-order valence-corrected chi connectivity index (χ3v) is 3.87. The number of hydrogen-bond acceptors (Lipinski definition) is 6. The van der Waals surface area contributed by atoms with Gasteiger partial charge in [-0.2, -0.15) is 0 Å². The quantitative estimate of drug-likeness (QED) is 0.639. The normalized spacial score (nSPS) is 22.0. The second-order valence-corrected chi connectivity index (χ2v) is 5.95. The Hall–Kier alpha value is -1.24. The summed E-state index contributed by atoms with van der Waals surface area (Å²) in [6, 6.07) is 2.14. The van der Waals surface area contributed by atoms with Gasteiger partial charge in [0, 0.05) is 18.3 Å². The van der Waals surface area contributed by atoms with Gasteiger partial charge >= 0.3 is 0 Å². The standard InChI is InChI=1S/C14H26N6/c1-10(2)11-8-13(18-15)17-14(16-11)12-9-19(3)6-5-7-20(12)4/h8,10,12H,5-7,9,15H2,1-4H3,(H,16,17,18). The zero-order valence-corrected chi connectivity index (χ0v) is 12.9. The van der Waals surface area contributed by atoms with Crippen LogP contribution in [0.4, 0.5) is 5.82 Å². The van der Waals surface area contributed by atoms with E-state index in [1.54, 1.807) is 0 Å². The molecule has 20 heavy (non-hydrogen) atoms. The second-order valence-electron chi connectivity index (χ2n) is 5.95. The molecule has 0 radical (unpaired) electrons. The maximum Gasteiger partial charge on any atom is 0.149 e. The zero-order chi connectivity index (χ0) is 14.7. The van der Waals surface area contributed by atoms with Gasteiger partial charge < -0.3 is 10.3 Å². The molecule has 1 saturated heterocycles. The van der Waals surface area contributed by atoms with Crippen molar-refractivity contribution in [3.05, 3.63) is 17.6 Å². The molecular formula is C14H26N6. The lowest BCUT2D eigenvalue weighted by atomic mass is 10.1. The van der Waals surface area contributed by atoms with Gasteiger partial charge in [-0.25, -0.2) is 15.8 Å². The van der Waals surface area contributed by atoms with Crippen molar-refractivity contribution < 1.29 is 0 Å². The summed E-state index contributed by atoms with van der Waals surface area (Å²) < 4.78 is 0. The van der Waals surface area contributed by atoms with Gasteiger partial charge in [0.15, 0.2) is 0 Å². The minimum absolute atomic E-state index is 0.216. The molecule has 1 fully saturated rings. The van der Waals surface area contributed by atoms with Gasteiger partial charge in [-0.3, -0.25) is 4.90 Å². The molecule has 0 spiro atoms. The first-order valence-electron chi connectivity index (χ1n) is 7.25. The average molecular weight is 278 g/mol. The molecule has 6 heteroatoms. The van der Waals surface area contributed by atoms with E-state index in [2.05, 4.69) is 48.2 Å². The summed E-state index contributed by atoms with van der Waals surface area (Å²) in [5.41, 5.74) is 3.69. The fourth-order valence-corrected chi connectivity index (χ4v) is 2.55. The molecule has 0 saturated carbocycles. The van der Waals surface area contributed by atoms with Crippen LogP contribution in [0.15, 0.2) is 6.07 Å². The summed E-state index contributed by atoms with van der Waals surface area (Å²) in [5, 5.41) is 0. The number of nitrogens with one attached hydrogen (secondary N) is 1. The van der Waals surface area contributed by atoms with Gasteiger partial charge in [-0.05, 0) is 39.5 Å². The summed E-state index contributed by atoms with van der Waals surface area (Å²) in [7, 11) is 4.30. The Labute approximate surface area is 121 Å². The molecule has 6 nitrogen and oxygen atoms in total. The molecular weight excluding hydrogens is 252 g/mol. The number of nitrogens with zero attached hydrogens (tertiary/aromatic N) is 4. The van der Waals surface area contributed by atoms with Gasteiger partial charge in [-0.1, -0.05) is 13.8 Å². The first-order valence-corrected chi connectivity index (χ1v) is 7.25. The molecule has 1 atom stereocenters. The average Bonchev–Trinajstić information content (AvgIpc) is 2.59. The fraction of sp³-hybridized carbons (Fsp3) is 0.714. The van der Waals surface area contributed by atoms with Crippen LogP contribution in [0.3, 0.4) is 0 Å². The molecule has 0 aromatic carbocycles. The fourth-order valence-electron chi connectivity index (χ4n) is 2.55. The van der Waals surface area contributed by atoms with Crippen molar-refractivity contribution in [3.63, 3.8) is 0 Å². The van der Waals surface area contributed by atoms with Gasteiger partial charge in [0.25, 0.3) is 0 Å². The highest BCUT2D eigenvalue weighted by Gasteiger charge is 2.25.